The summed E-state index contributed by atoms with van der Waals surface area (Å²) in [7, 11) is 0. The zero-order valence-corrected chi connectivity index (χ0v) is 14.3. The molecule has 24 heavy (non-hydrogen) atoms. The molecule has 1 aromatic carbocycles. The highest BCUT2D eigenvalue weighted by molar-refractivity contribution is 6.30. The summed E-state index contributed by atoms with van der Waals surface area (Å²) in [5, 5.41) is 3.74. The lowest BCUT2D eigenvalue weighted by Gasteiger charge is -2.14. The second-order valence-corrected chi connectivity index (χ2v) is 6.61. The number of amides is 1. The fraction of sp³-hybridized carbons (Fsp3) is 0.421. The van der Waals surface area contributed by atoms with E-state index in [-0.39, 0.29) is 18.6 Å². The van der Waals surface area contributed by atoms with E-state index in [1.54, 1.807) is 36.4 Å². The Kier molecular flexibility index (Phi) is 5.81. The fourth-order valence-corrected chi connectivity index (χ4v) is 3.07. The van der Waals surface area contributed by atoms with Gasteiger partial charge in [0, 0.05) is 11.1 Å². The number of hydrogen-bond acceptors (Lipinski definition) is 3. The van der Waals surface area contributed by atoms with Crippen LogP contribution in [0.1, 0.15) is 54.8 Å². The summed E-state index contributed by atoms with van der Waals surface area (Å²) in [5.74, 6) is 1.53. The SMILES string of the molecule is O=C(NC1CCCCCC1)c1ccc(COc2ccc(Cl)cc2)o1. The molecule has 3 rings (SSSR count). The molecule has 0 unspecified atom stereocenters. The number of carbonyl (C=O) groups is 1. The van der Waals surface area contributed by atoms with Crippen LogP contribution in [0.4, 0.5) is 0 Å². The lowest BCUT2D eigenvalue weighted by atomic mass is 10.1. The lowest BCUT2D eigenvalue weighted by Crippen LogP contribution is -2.34. The Bertz CT molecular complexity index is 658. The van der Waals surface area contributed by atoms with Crippen LogP contribution in [0.3, 0.4) is 0 Å². The number of ether oxygens (including phenoxy) is 1. The van der Waals surface area contributed by atoms with Crippen molar-refractivity contribution in [2.45, 2.75) is 51.2 Å². The van der Waals surface area contributed by atoms with Gasteiger partial charge in [0.25, 0.3) is 5.91 Å². The summed E-state index contributed by atoms with van der Waals surface area (Å²) in [6.45, 7) is 0.276. The van der Waals surface area contributed by atoms with Crippen LogP contribution in [0.25, 0.3) is 0 Å². The number of benzene rings is 1. The Morgan fingerprint density at radius 2 is 1.79 bits per heavy atom. The van der Waals surface area contributed by atoms with Gasteiger partial charge in [-0.3, -0.25) is 4.79 Å². The Labute approximate surface area is 147 Å². The average molecular weight is 348 g/mol. The molecule has 1 aliphatic carbocycles. The van der Waals surface area contributed by atoms with Crippen LogP contribution in [0.5, 0.6) is 5.75 Å². The highest BCUT2D eigenvalue weighted by Gasteiger charge is 2.18. The molecule has 0 atom stereocenters. The van der Waals surface area contributed by atoms with Gasteiger partial charge >= 0.3 is 0 Å². The van der Waals surface area contributed by atoms with Gasteiger partial charge in [-0.25, -0.2) is 0 Å². The van der Waals surface area contributed by atoms with Crippen LogP contribution in [-0.2, 0) is 6.61 Å². The third kappa shape index (κ3) is 4.78. The molecule has 1 amide bonds. The number of hydrogen-bond donors (Lipinski definition) is 1. The van der Waals surface area contributed by atoms with Gasteiger partial charge in [-0.1, -0.05) is 37.3 Å². The van der Waals surface area contributed by atoms with Gasteiger partial charge in [-0.05, 0) is 49.2 Å². The topological polar surface area (TPSA) is 51.5 Å². The van der Waals surface area contributed by atoms with Crippen molar-refractivity contribution in [3.05, 3.63) is 52.9 Å². The molecular weight excluding hydrogens is 326 g/mol. The van der Waals surface area contributed by atoms with Gasteiger partial charge in [0.15, 0.2) is 5.76 Å². The van der Waals surface area contributed by atoms with Crippen LogP contribution in [0, 0.1) is 0 Å². The summed E-state index contributed by atoms with van der Waals surface area (Å²) in [5.41, 5.74) is 0. The normalized spacial score (nSPS) is 15.7. The third-order valence-electron chi connectivity index (χ3n) is 4.27. The molecule has 1 aromatic heterocycles. The molecule has 128 valence electrons. The number of carbonyl (C=O) groups excluding carboxylic acids is 1. The van der Waals surface area contributed by atoms with Crippen molar-refractivity contribution >= 4 is 17.5 Å². The summed E-state index contributed by atoms with van der Waals surface area (Å²) in [4.78, 5) is 12.3. The van der Waals surface area contributed by atoms with Gasteiger partial charge in [-0.15, -0.1) is 0 Å². The first-order valence-corrected chi connectivity index (χ1v) is 8.86. The number of rotatable bonds is 5. The molecule has 0 spiro atoms. The van der Waals surface area contributed by atoms with E-state index in [0.717, 1.165) is 12.8 Å². The highest BCUT2D eigenvalue weighted by atomic mass is 35.5. The maximum atomic E-state index is 12.3. The molecule has 4 nitrogen and oxygen atoms in total. The van der Waals surface area contributed by atoms with E-state index in [4.69, 9.17) is 20.8 Å². The molecule has 1 N–H and O–H groups in total. The molecule has 2 aromatic rings. The molecule has 1 fully saturated rings. The Balaban J connectivity index is 1.52. The van der Waals surface area contributed by atoms with E-state index in [1.807, 2.05) is 0 Å². The van der Waals surface area contributed by atoms with Gasteiger partial charge < -0.3 is 14.5 Å². The molecule has 0 aliphatic heterocycles. The number of furan rings is 1. The summed E-state index contributed by atoms with van der Waals surface area (Å²) in [6.07, 6.45) is 7.00. The van der Waals surface area contributed by atoms with Crippen molar-refractivity contribution < 1.29 is 13.9 Å². The largest absolute Gasteiger partial charge is 0.486 e. The van der Waals surface area contributed by atoms with E-state index in [1.165, 1.54) is 25.7 Å². The minimum atomic E-state index is -0.139. The molecule has 1 heterocycles. The zero-order chi connectivity index (χ0) is 16.8. The second kappa shape index (κ2) is 8.25. The van der Waals surface area contributed by atoms with Crippen molar-refractivity contribution in [3.63, 3.8) is 0 Å². The molecule has 0 saturated heterocycles. The quantitative estimate of drug-likeness (QED) is 0.777. The molecular formula is C19H22ClNO3. The lowest BCUT2D eigenvalue weighted by molar-refractivity contribution is 0.0901. The van der Waals surface area contributed by atoms with Gasteiger partial charge in [0.2, 0.25) is 0 Å². The van der Waals surface area contributed by atoms with Crippen LogP contribution < -0.4 is 10.1 Å². The van der Waals surface area contributed by atoms with Crippen LogP contribution >= 0.6 is 11.6 Å². The first kappa shape index (κ1) is 16.9. The van der Waals surface area contributed by atoms with E-state index in [0.29, 0.717) is 22.3 Å². The minimum Gasteiger partial charge on any atom is -0.486 e. The molecule has 1 saturated carbocycles. The summed E-state index contributed by atoms with van der Waals surface area (Å²) in [6, 6.07) is 10.9. The average Bonchev–Trinajstić information content (AvgIpc) is 2.92. The molecule has 0 bridgehead atoms. The van der Waals surface area contributed by atoms with Crippen molar-refractivity contribution in [3.8, 4) is 5.75 Å². The van der Waals surface area contributed by atoms with Crippen molar-refractivity contribution in [1.82, 2.24) is 5.32 Å². The van der Waals surface area contributed by atoms with Crippen LogP contribution in [0.15, 0.2) is 40.8 Å². The first-order valence-electron chi connectivity index (χ1n) is 8.48. The highest BCUT2D eigenvalue weighted by Crippen LogP contribution is 2.19. The maximum Gasteiger partial charge on any atom is 0.287 e. The molecule has 0 radical (unpaired) electrons. The van der Waals surface area contributed by atoms with Crippen LogP contribution in [-0.4, -0.2) is 11.9 Å². The van der Waals surface area contributed by atoms with E-state index in [2.05, 4.69) is 5.32 Å². The van der Waals surface area contributed by atoms with Crippen LogP contribution in [0.2, 0.25) is 5.02 Å². The van der Waals surface area contributed by atoms with Crippen molar-refractivity contribution in [2.24, 2.45) is 0 Å². The fourth-order valence-electron chi connectivity index (χ4n) is 2.94. The molecule has 5 heteroatoms. The zero-order valence-electron chi connectivity index (χ0n) is 13.6. The minimum absolute atomic E-state index is 0.139. The van der Waals surface area contributed by atoms with Crippen molar-refractivity contribution in [1.29, 1.82) is 0 Å². The van der Waals surface area contributed by atoms with E-state index in [9.17, 15) is 4.79 Å². The van der Waals surface area contributed by atoms with Crippen molar-refractivity contribution in [2.75, 3.05) is 0 Å². The predicted molar refractivity (Wildman–Crippen MR) is 93.4 cm³/mol. The molecule has 1 aliphatic rings. The van der Waals surface area contributed by atoms with E-state index >= 15 is 0 Å². The predicted octanol–water partition coefficient (Wildman–Crippen LogP) is 4.96. The van der Waals surface area contributed by atoms with Gasteiger partial charge in [0.05, 0.1) is 0 Å². The Morgan fingerprint density at radius 3 is 2.50 bits per heavy atom. The monoisotopic (exact) mass is 347 g/mol. The standard InChI is InChI=1S/C19H22ClNO3/c20-14-7-9-16(10-8-14)23-13-17-11-12-18(24-17)19(22)21-15-5-3-1-2-4-6-15/h7-12,15H,1-6,13H2,(H,21,22). The van der Waals surface area contributed by atoms with E-state index < -0.39 is 0 Å². The second-order valence-electron chi connectivity index (χ2n) is 6.17. The number of nitrogens with one attached hydrogen (secondary N) is 1. The first-order chi connectivity index (χ1) is 11.7. The smallest absolute Gasteiger partial charge is 0.287 e. The number of halogens is 1. The third-order valence-corrected chi connectivity index (χ3v) is 4.52. The van der Waals surface area contributed by atoms with Gasteiger partial charge in [0.1, 0.15) is 18.1 Å². The Hall–Kier alpha value is -1.94. The maximum absolute atomic E-state index is 12.3. The van der Waals surface area contributed by atoms with Gasteiger partial charge in [-0.2, -0.15) is 0 Å². The summed E-state index contributed by atoms with van der Waals surface area (Å²) >= 11 is 5.84. The summed E-state index contributed by atoms with van der Waals surface area (Å²) < 4.78 is 11.2. The Morgan fingerprint density at radius 1 is 1.08 bits per heavy atom.